The minimum atomic E-state index is -0.235. The summed E-state index contributed by atoms with van der Waals surface area (Å²) < 4.78 is 0.748. The lowest BCUT2D eigenvalue weighted by atomic mass is 10.1. The molecular weight excluding hydrogens is 358 g/mol. The van der Waals surface area contributed by atoms with E-state index >= 15 is 0 Å². The van der Waals surface area contributed by atoms with E-state index in [0.717, 1.165) is 29.5 Å². The van der Waals surface area contributed by atoms with E-state index in [1.807, 2.05) is 18.2 Å². The fourth-order valence-electron chi connectivity index (χ4n) is 2.57. The number of rotatable bonds is 3. The van der Waals surface area contributed by atoms with Gasteiger partial charge in [0, 0.05) is 41.2 Å². The Hall–Kier alpha value is -2.21. The van der Waals surface area contributed by atoms with Crippen LogP contribution in [0.25, 0.3) is 0 Å². The molecule has 0 unspecified atom stereocenters. The highest BCUT2D eigenvalue weighted by Crippen LogP contribution is 2.24. The topological polar surface area (TPSA) is 62.3 Å². The quantitative estimate of drug-likeness (QED) is 0.893. The Kier molecular flexibility index (Phi) is 4.71. The second-order valence-electron chi connectivity index (χ2n) is 5.40. The standard InChI is InChI=1S/C17H16BrN3O2/c18-13-8-12(10-19-11-13)17(23)20-14-4-3-5-15(9-14)21-7-2-1-6-16(21)22/h3-5,8-11H,1-2,6-7H2,(H,20,23). The number of amides is 2. The van der Waals surface area contributed by atoms with Gasteiger partial charge in [-0.25, -0.2) is 0 Å². The van der Waals surface area contributed by atoms with Gasteiger partial charge in [-0.2, -0.15) is 0 Å². The van der Waals surface area contributed by atoms with Crippen LogP contribution < -0.4 is 10.2 Å². The van der Waals surface area contributed by atoms with Gasteiger partial charge in [0.15, 0.2) is 0 Å². The molecule has 6 heteroatoms. The summed E-state index contributed by atoms with van der Waals surface area (Å²) >= 11 is 3.30. The molecule has 1 aromatic carbocycles. The summed E-state index contributed by atoms with van der Waals surface area (Å²) in [5, 5.41) is 2.84. The van der Waals surface area contributed by atoms with Gasteiger partial charge in [-0.05, 0) is 53.0 Å². The van der Waals surface area contributed by atoms with Gasteiger partial charge in [0.1, 0.15) is 0 Å². The zero-order valence-electron chi connectivity index (χ0n) is 12.5. The Morgan fingerprint density at radius 1 is 1.22 bits per heavy atom. The van der Waals surface area contributed by atoms with Crippen molar-refractivity contribution >= 4 is 39.1 Å². The summed E-state index contributed by atoms with van der Waals surface area (Å²) in [5.41, 5.74) is 1.95. The van der Waals surface area contributed by atoms with Crippen LogP contribution >= 0.6 is 15.9 Å². The minimum Gasteiger partial charge on any atom is -0.322 e. The van der Waals surface area contributed by atoms with Crippen molar-refractivity contribution in [1.29, 1.82) is 0 Å². The summed E-state index contributed by atoms with van der Waals surface area (Å²) in [7, 11) is 0. The molecule has 1 aromatic heterocycles. The van der Waals surface area contributed by atoms with Crippen molar-refractivity contribution in [3.8, 4) is 0 Å². The molecule has 0 spiro atoms. The van der Waals surface area contributed by atoms with Crippen molar-refractivity contribution in [3.63, 3.8) is 0 Å². The fourth-order valence-corrected chi connectivity index (χ4v) is 2.93. The molecule has 1 N–H and O–H groups in total. The molecule has 3 rings (SSSR count). The first-order chi connectivity index (χ1) is 11.1. The van der Waals surface area contributed by atoms with Crippen molar-refractivity contribution in [2.45, 2.75) is 19.3 Å². The van der Waals surface area contributed by atoms with Crippen LogP contribution in [0, 0.1) is 0 Å². The lowest BCUT2D eigenvalue weighted by molar-refractivity contribution is -0.119. The van der Waals surface area contributed by atoms with E-state index in [2.05, 4.69) is 26.2 Å². The summed E-state index contributed by atoms with van der Waals surface area (Å²) in [6.45, 7) is 0.728. The highest BCUT2D eigenvalue weighted by atomic mass is 79.9. The minimum absolute atomic E-state index is 0.135. The zero-order chi connectivity index (χ0) is 16.2. The summed E-state index contributed by atoms with van der Waals surface area (Å²) in [5.74, 6) is -0.100. The third kappa shape index (κ3) is 3.76. The van der Waals surface area contributed by atoms with E-state index in [0.29, 0.717) is 17.7 Å². The number of nitrogens with one attached hydrogen (secondary N) is 1. The van der Waals surface area contributed by atoms with Crippen molar-refractivity contribution in [2.24, 2.45) is 0 Å². The molecular formula is C17H16BrN3O2. The van der Waals surface area contributed by atoms with Gasteiger partial charge >= 0.3 is 0 Å². The maximum atomic E-state index is 12.3. The average molecular weight is 374 g/mol. The molecule has 0 aliphatic carbocycles. The summed E-state index contributed by atoms with van der Waals surface area (Å²) in [4.78, 5) is 30.0. The molecule has 0 bridgehead atoms. The van der Waals surface area contributed by atoms with Crippen molar-refractivity contribution < 1.29 is 9.59 Å². The molecule has 2 heterocycles. The van der Waals surface area contributed by atoms with Crippen molar-refractivity contribution in [2.75, 3.05) is 16.8 Å². The molecule has 1 aliphatic rings. The van der Waals surface area contributed by atoms with Crippen LogP contribution in [0.2, 0.25) is 0 Å². The predicted octanol–water partition coefficient (Wildman–Crippen LogP) is 3.61. The Labute approximate surface area is 142 Å². The first-order valence-corrected chi connectivity index (χ1v) is 8.25. The molecule has 0 radical (unpaired) electrons. The van der Waals surface area contributed by atoms with Gasteiger partial charge in [-0.1, -0.05) is 6.07 Å². The second kappa shape index (κ2) is 6.91. The van der Waals surface area contributed by atoms with Gasteiger partial charge in [0.25, 0.3) is 5.91 Å². The van der Waals surface area contributed by atoms with E-state index in [-0.39, 0.29) is 11.8 Å². The molecule has 2 amide bonds. The summed E-state index contributed by atoms with van der Waals surface area (Å²) in [6, 6.07) is 9.07. The van der Waals surface area contributed by atoms with Gasteiger partial charge in [-0.15, -0.1) is 0 Å². The monoisotopic (exact) mass is 373 g/mol. The number of carbonyl (C=O) groups excluding carboxylic acids is 2. The normalized spacial score (nSPS) is 14.7. The molecule has 118 valence electrons. The van der Waals surface area contributed by atoms with E-state index in [1.165, 1.54) is 6.20 Å². The number of hydrogen-bond acceptors (Lipinski definition) is 3. The van der Waals surface area contributed by atoms with Crippen LogP contribution in [0.5, 0.6) is 0 Å². The SMILES string of the molecule is O=C(Nc1cccc(N2CCCCC2=O)c1)c1cncc(Br)c1. The second-order valence-corrected chi connectivity index (χ2v) is 6.31. The Balaban J connectivity index is 1.77. The van der Waals surface area contributed by atoms with Crippen LogP contribution in [0.3, 0.4) is 0 Å². The van der Waals surface area contributed by atoms with E-state index in [1.54, 1.807) is 23.2 Å². The lowest BCUT2D eigenvalue weighted by Gasteiger charge is -2.27. The highest BCUT2D eigenvalue weighted by Gasteiger charge is 2.19. The Morgan fingerprint density at radius 2 is 2.09 bits per heavy atom. The maximum absolute atomic E-state index is 12.3. The van der Waals surface area contributed by atoms with E-state index < -0.39 is 0 Å². The van der Waals surface area contributed by atoms with Gasteiger partial charge < -0.3 is 10.2 Å². The Morgan fingerprint density at radius 3 is 2.87 bits per heavy atom. The number of pyridine rings is 1. The largest absolute Gasteiger partial charge is 0.322 e. The smallest absolute Gasteiger partial charge is 0.257 e. The molecule has 2 aromatic rings. The number of hydrogen-bond donors (Lipinski definition) is 1. The molecule has 0 saturated carbocycles. The third-order valence-electron chi connectivity index (χ3n) is 3.71. The number of nitrogens with zero attached hydrogens (tertiary/aromatic N) is 2. The van der Waals surface area contributed by atoms with Crippen LogP contribution in [-0.2, 0) is 4.79 Å². The molecule has 1 aliphatic heterocycles. The molecule has 1 saturated heterocycles. The number of benzene rings is 1. The third-order valence-corrected chi connectivity index (χ3v) is 4.14. The van der Waals surface area contributed by atoms with E-state index in [9.17, 15) is 9.59 Å². The highest BCUT2D eigenvalue weighted by molar-refractivity contribution is 9.10. The van der Waals surface area contributed by atoms with Crippen LogP contribution in [0.15, 0.2) is 47.2 Å². The van der Waals surface area contributed by atoms with Gasteiger partial charge in [-0.3, -0.25) is 14.6 Å². The fraction of sp³-hybridized carbons (Fsp3) is 0.235. The first-order valence-electron chi connectivity index (χ1n) is 7.46. The van der Waals surface area contributed by atoms with Crippen molar-refractivity contribution in [3.05, 3.63) is 52.8 Å². The summed E-state index contributed by atoms with van der Waals surface area (Å²) in [6.07, 6.45) is 5.67. The number of anilines is 2. The molecule has 5 nitrogen and oxygen atoms in total. The first kappa shape index (κ1) is 15.7. The Bertz CT molecular complexity index is 748. The number of carbonyl (C=O) groups is 2. The average Bonchev–Trinajstić information content (AvgIpc) is 2.55. The predicted molar refractivity (Wildman–Crippen MR) is 92.5 cm³/mol. The molecule has 23 heavy (non-hydrogen) atoms. The van der Waals surface area contributed by atoms with Crippen molar-refractivity contribution in [1.82, 2.24) is 4.98 Å². The van der Waals surface area contributed by atoms with Crippen LogP contribution in [0.4, 0.5) is 11.4 Å². The number of halogens is 1. The van der Waals surface area contributed by atoms with Crippen LogP contribution in [0.1, 0.15) is 29.6 Å². The molecule has 0 atom stereocenters. The van der Waals surface area contributed by atoms with Gasteiger partial charge in [0.05, 0.1) is 5.56 Å². The number of piperidine rings is 1. The molecule has 1 fully saturated rings. The van der Waals surface area contributed by atoms with Gasteiger partial charge in [0.2, 0.25) is 5.91 Å². The van der Waals surface area contributed by atoms with Crippen LogP contribution in [-0.4, -0.2) is 23.3 Å². The zero-order valence-corrected chi connectivity index (χ0v) is 14.0. The maximum Gasteiger partial charge on any atom is 0.257 e. The lowest BCUT2D eigenvalue weighted by Crippen LogP contribution is -2.35. The number of aromatic nitrogens is 1. The van der Waals surface area contributed by atoms with E-state index in [4.69, 9.17) is 0 Å².